The predicted molar refractivity (Wildman–Crippen MR) is 65.7 cm³/mol. The Morgan fingerprint density at radius 1 is 1.28 bits per heavy atom. The highest BCUT2D eigenvalue weighted by atomic mass is 16.4. The summed E-state index contributed by atoms with van der Waals surface area (Å²) in [6.07, 6.45) is 0. The Morgan fingerprint density at radius 3 is 2.39 bits per heavy atom. The lowest BCUT2D eigenvalue weighted by Gasteiger charge is -2.12. The van der Waals surface area contributed by atoms with E-state index >= 15 is 0 Å². The maximum atomic E-state index is 11.6. The summed E-state index contributed by atoms with van der Waals surface area (Å²) in [6.45, 7) is 0.791. The number of aliphatic hydroxyl groups excluding tert-OH is 1. The SMILES string of the molecule is C[NH+](CCO)CC(=O)Nc1ccc(C(=O)O)cc1. The van der Waals surface area contributed by atoms with Gasteiger partial charge in [0.25, 0.3) is 5.91 Å². The molecule has 1 rings (SSSR count). The van der Waals surface area contributed by atoms with Gasteiger partial charge in [-0.15, -0.1) is 0 Å². The van der Waals surface area contributed by atoms with Crippen molar-refractivity contribution in [3.8, 4) is 0 Å². The molecule has 0 aliphatic rings. The Hall–Kier alpha value is -1.92. The van der Waals surface area contributed by atoms with E-state index in [0.29, 0.717) is 12.2 Å². The van der Waals surface area contributed by atoms with Crippen molar-refractivity contribution in [2.45, 2.75) is 0 Å². The number of carboxylic acids is 1. The molecule has 4 N–H and O–H groups in total. The number of carboxylic acid groups (broad SMARTS) is 1. The summed E-state index contributed by atoms with van der Waals surface area (Å²) in [5, 5.41) is 20.1. The number of hydrogen-bond acceptors (Lipinski definition) is 3. The molecule has 0 aromatic heterocycles. The number of hydrogen-bond donors (Lipinski definition) is 4. The first-order valence-corrected chi connectivity index (χ1v) is 5.58. The van der Waals surface area contributed by atoms with E-state index in [-0.39, 0.29) is 24.6 Å². The van der Waals surface area contributed by atoms with E-state index in [2.05, 4.69) is 5.32 Å². The first-order valence-electron chi connectivity index (χ1n) is 5.58. The molecule has 0 saturated heterocycles. The van der Waals surface area contributed by atoms with Crippen LogP contribution in [0.5, 0.6) is 0 Å². The fourth-order valence-electron chi connectivity index (χ4n) is 1.45. The predicted octanol–water partition coefficient (Wildman–Crippen LogP) is -1.17. The number of rotatable bonds is 6. The van der Waals surface area contributed by atoms with Crippen LogP contribution in [0.3, 0.4) is 0 Å². The maximum absolute atomic E-state index is 11.6. The van der Waals surface area contributed by atoms with Gasteiger partial charge in [-0.25, -0.2) is 4.79 Å². The molecule has 0 saturated carbocycles. The molecule has 1 aromatic carbocycles. The van der Waals surface area contributed by atoms with Crippen LogP contribution in [0.25, 0.3) is 0 Å². The highest BCUT2D eigenvalue weighted by Crippen LogP contribution is 2.08. The van der Waals surface area contributed by atoms with E-state index in [1.54, 1.807) is 12.1 Å². The number of likely N-dealkylation sites (N-methyl/N-ethyl adjacent to an activating group) is 1. The third-order valence-electron chi connectivity index (χ3n) is 2.42. The molecule has 6 nitrogen and oxygen atoms in total. The van der Waals surface area contributed by atoms with Crippen molar-refractivity contribution >= 4 is 17.6 Å². The lowest BCUT2D eigenvalue weighted by molar-refractivity contribution is -0.871. The molecule has 0 heterocycles. The minimum absolute atomic E-state index is 0.0341. The van der Waals surface area contributed by atoms with Gasteiger partial charge >= 0.3 is 5.97 Å². The molecule has 0 spiro atoms. The summed E-state index contributed by atoms with van der Waals surface area (Å²) in [4.78, 5) is 23.1. The molecule has 0 bridgehead atoms. The number of carbonyl (C=O) groups excluding carboxylic acids is 1. The summed E-state index contributed by atoms with van der Waals surface area (Å²) >= 11 is 0. The Labute approximate surface area is 105 Å². The van der Waals surface area contributed by atoms with Crippen LogP contribution in [0, 0.1) is 0 Å². The zero-order valence-electron chi connectivity index (χ0n) is 10.1. The number of nitrogens with one attached hydrogen (secondary N) is 2. The Kier molecular flexibility index (Phi) is 5.29. The van der Waals surface area contributed by atoms with Crippen molar-refractivity contribution in [3.63, 3.8) is 0 Å². The van der Waals surface area contributed by atoms with Gasteiger partial charge in [-0.05, 0) is 24.3 Å². The summed E-state index contributed by atoms with van der Waals surface area (Å²) in [5.41, 5.74) is 0.734. The van der Waals surface area contributed by atoms with Gasteiger partial charge in [-0.1, -0.05) is 0 Å². The lowest BCUT2D eigenvalue weighted by Crippen LogP contribution is -3.10. The van der Waals surface area contributed by atoms with Gasteiger partial charge in [0, 0.05) is 5.69 Å². The number of quaternary nitrogens is 1. The third-order valence-corrected chi connectivity index (χ3v) is 2.42. The quantitative estimate of drug-likeness (QED) is 0.514. The van der Waals surface area contributed by atoms with Crippen LogP contribution in [-0.2, 0) is 4.79 Å². The van der Waals surface area contributed by atoms with Crippen LogP contribution >= 0.6 is 0 Å². The molecular weight excluding hydrogens is 236 g/mol. The lowest BCUT2D eigenvalue weighted by atomic mass is 10.2. The van der Waals surface area contributed by atoms with Gasteiger partial charge in [-0.2, -0.15) is 0 Å². The molecule has 1 aromatic rings. The second kappa shape index (κ2) is 6.73. The van der Waals surface area contributed by atoms with Crippen molar-refractivity contribution in [3.05, 3.63) is 29.8 Å². The molecule has 1 unspecified atom stereocenters. The maximum Gasteiger partial charge on any atom is 0.335 e. The van der Waals surface area contributed by atoms with E-state index in [4.69, 9.17) is 10.2 Å². The number of carbonyl (C=O) groups is 2. The highest BCUT2D eigenvalue weighted by Gasteiger charge is 2.09. The summed E-state index contributed by atoms with van der Waals surface area (Å²) in [5.74, 6) is -1.18. The fourth-order valence-corrected chi connectivity index (χ4v) is 1.45. The molecular formula is C12H17N2O4+. The molecule has 1 amide bonds. The molecule has 18 heavy (non-hydrogen) atoms. The van der Waals surface area contributed by atoms with Crippen LogP contribution in [0.4, 0.5) is 5.69 Å². The minimum atomic E-state index is -1.000. The molecule has 0 fully saturated rings. The van der Waals surface area contributed by atoms with E-state index < -0.39 is 5.97 Å². The zero-order valence-corrected chi connectivity index (χ0v) is 10.1. The fraction of sp³-hybridized carbons (Fsp3) is 0.333. The van der Waals surface area contributed by atoms with Crippen LogP contribution in [0.2, 0.25) is 0 Å². The molecule has 6 heteroatoms. The van der Waals surface area contributed by atoms with E-state index in [1.165, 1.54) is 12.1 Å². The second-order valence-corrected chi connectivity index (χ2v) is 4.04. The number of aromatic carboxylic acids is 1. The van der Waals surface area contributed by atoms with Crippen LogP contribution < -0.4 is 10.2 Å². The summed E-state index contributed by atoms with van der Waals surface area (Å²) < 4.78 is 0. The first-order chi connectivity index (χ1) is 8.52. The normalized spacial score (nSPS) is 11.9. The van der Waals surface area contributed by atoms with Gasteiger partial charge in [0.15, 0.2) is 6.54 Å². The van der Waals surface area contributed by atoms with Crippen molar-refractivity contribution in [1.29, 1.82) is 0 Å². The first kappa shape index (κ1) is 14.1. The topological polar surface area (TPSA) is 91.1 Å². The van der Waals surface area contributed by atoms with Gasteiger partial charge in [0.1, 0.15) is 6.54 Å². The molecule has 98 valence electrons. The molecule has 0 radical (unpaired) electrons. The van der Waals surface area contributed by atoms with Gasteiger partial charge in [0.2, 0.25) is 0 Å². The van der Waals surface area contributed by atoms with Crippen LogP contribution in [0.1, 0.15) is 10.4 Å². The van der Waals surface area contributed by atoms with Crippen LogP contribution in [-0.4, -0.2) is 48.8 Å². The monoisotopic (exact) mass is 253 g/mol. The highest BCUT2D eigenvalue weighted by molar-refractivity contribution is 5.92. The van der Waals surface area contributed by atoms with Crippen molar-refractivity contribution in [1.82, 2.24) is 0 Å². The average molecular weight is 253 g/mol. The Morgan fingerprint density at radius 2 is 1.89 bits per heavy atom. The van der Waals surface area contributed by atoms with Gasteiger partial charge in [-0.3, -0.25) is 4.79 Å². The average Bonchev–Trinajstić information content (AvgIpc) is 2.29. The molecule has 0 aliphatic heterocycles. The number of amides is 1. The van der Waals surface area contributed by atoms with Crippen LogP contribution in [0.15, 0.2) is 24.3 Å². The van der Waals surface area contributed by atoms with Crippen molar-refractivity contribution in [2.24, 2.45) is 0 Å². The number of aliphatic hydroxyl groups is 1. The van der Waals surface area contributed by atoms with E-state index in [1.807, 2.05) is 7.05 Å². The van der Waals surface area contributed by atoms with Crippen molar-refractivity contribution < 1.29 is 24.7 Å². The minimum Gasteiger partial charge on any atom is -0.478 e. The zero-order chi connectivity index (χ0) is 13.5. The van der Waals surface area contributed by atoms with Gasteiger partial charge < -0.3 is 20.4 Å². The smallest absolute Gasteiger partial charge is 0.335 e. The Balaban J connectivity index is 2.51. The second-order valence-electron chi connectivity index (χ2n) is 4.04. The number of anilines is 1. The van der Waals surface area contributed by atoms with Gasteiger partial charge in [0.05, 0.1) is 19.2 Å². The van der Waals surface area contributed by atoms with E-state index in [9.17, 15) is 9.59 Å². The summed E-state index contributed by atoms with van der Waals surface area (Å²) in [6, 6.07) is 5.95. The van der Waals surface area contributed by atoms with Crippen molar-refractivity contribution in [2.75, 3.05) is 32.1 Å². The summed E-state index contributed by atoms with van der Waals surface area (Å²) in [7, 11) is 1.81. The molecule has 0 aliphatic carbocycles. The third kappa shape index (κ3) is 4.52. The largest absolute Gasteiger partial charge is 0.478 e. The number of benzene rings is 1. The van der Waals surface area contributed by atoms with E-state index in [0.717, 1.165) is 4.90 Å². The molecule has 1 atom stereocenters. The Bertz CT molecular complexity index is 417. The standard InChI is InChI=1S/C12H16N2O4/c1-14(6-7-15)8-11(16)13-10-4-2-9(3-5-10)12(17)18/h2-5,15H,6-8H2,1H3,(H,13,16)(H,17,18)/p+1.